The lowest BCUT2D eigenvalue weighted by Crippen LogP contribution is -2.34. The second-order valence-electron chi connectivity index (χ2n) is 8.30. The number of rotatable bonds is 1. The van der Waals surface area contributed by atoms with Crippen LogP contribution in [0.2, 0.25) is 0 Å². The second kappa shape index (κ2) is 5.81. The minimum absolute atomic E-state index is 0.285. The molecule has 29 heavy (non-hydrogen) atoms. The average Bonchev–Trinajstić information content (AvgIpc) is 3.06. The Balaban J connectivity index is 1.89. The molecule has 1 spiro atoms. The van der Waals surface area contributed by atoms with Crippen LogP contribution in [0.1, 0.15) is 45.9 Å². The summed E-state index contributed by atoms with van der Waals surface area (Å²) in [7, 11) is 0. The van der Waals surface area contributed by atoms with Crippen LogP contribution in [0.15, 0.2) is 97.6 Å². The number of hydrogen-bond acceptors (Lipinski definition) is 0. The minimum atomic E-state index is -0.285. The van der Waals surface area contributed by atoms with Gasteiger partial charge in [0.2, 0.25) is 0 Å². The predicted octanol–water partition coefficient (Wildman–Crippen LogP) is 6.99. The third kappa shape index (κ3) is 1.99. The molecular weight excluding hydrogens is 348 g/mol. The molecule has 4 aromatic rings. The molecule has 0 fully saturated rings. The maximum atomic E-state index is 4.36. The Labute approximate surface area is 172 Å². The SMILES string of the molecule is C=C(C)c1cccc2c1C1(c3ccccc3Cc3ccccc31)c1ccccc1-2. The summed E-state index contributed by atoms with van der Waals surface area (Å²) in [6.45, 7) is 6.49. The molecule has 4 aromatic carbocycles. The van der Waals surface area contributed by atoms with Crippen molar-refractivity contribution in [3.05, 3.63) is 137 Å². The standard InChI is InChI=1S/C29H22/c1-19(2)22-13-9-14-24-23-12-5-8-17-27(23)29(28(22)24)25-15-6-3-10-20(25)18-21-11-4-7-16-26(21)29/h3-17H,1,18H2,2H3. The fourth-order valence-corrected chi connectivity index (χ4v) is 5.71. The Bertz CT molecular complexity index is 1260. The minimum Gasteiger partial charge on any atom is -0.0955 e. The van der Waals surface area contributed by atoms with Crippen LogP contribution in [0.25, 0.3) is 16.7 Å². The average molecular weight is 370 g/mol. The second-order valence-corrected chi connectivity index (χ2v) is 8.30. The molecule has 0 radical (unpaired) electrons. The number of hydrogen-bond donors (Lipinski definition) is 0. The third-order valence-electron chi connectivity index (χ3n) is 6.74. The maximum absolute atomic E-state index is 4.36. The van der Waals surface area contributed by atoms with Crippen LogP contribution in [-0.2, 0) is 11.8 Å². The summed E-state index contributed by atoms with van der Waals surface area (Å²) in [6.07, 6.45) is 0.987. The van der Waals surface area contributed by atoms with Crippen LogP contribution in [-0.4, -0.2) is 0 Å². The zero-order chi connectivity index (χ0) is 19.6. The summed E-state index contributed by atoms with van der Waals surface area (Å²) in [4.78, 5) is 0. The fraction of sp³-hybridized carbons (Fsp3) is 0.103. The van der Waals surface area contributed by atoms with Gasteiger partial charge in [0.15, 0.2) is 0 Å². The van der Waals surface area contributed by atoms with Crippen LogP contribution < -0.4 is 0 Å². The van der Waals surface area contributed by atoms with Crippen molar-refractivity contribution in [3.8, 4) is 11.1 Å². The van der Waals surface area contributed by atoms with E-state index in [1.54, 1.807) is 0 Å². The summed E-state index contributed by atoms with van der Waals surface area (Å²) in [5.41, 5.74) is 13.3. The zero-order valence-electron chi connectivity index (χ0n) is 16.6. The maximum Gasteiger partial charge on any atom is 0.0724 e. The number of allylic oxidation sites excluding steroid dienone is 1. The first-order valence-corrected chi connectivity index (χ1v) is 10.3. The van der Waals surface area contributed by atoms with Crippen molar-refractivity contribution < 1.29 is 0 Å². The van der Waals surface area contributed by atoms with Gasteiger partial charge in [0.1, 0.15) is 0 Å². The van der Waals surface area contributed by atoms with Crippen LogP contribution in [0.4, 0.5) is 0 Å². The Kier molecular flexibility index (Phi) is 3.32. The summed E-state index contributed by atoms with van der Waals surface area (Å²) in [6, 6.07) is 33.7. The van der Waals surface area contributed by atoms with Gasteiger partial charge in [0.25, 0.3) is 0 Å². The van der Waals surface area contributed by atoms with E-state index >= 15 is 0 Å². The molecule has 138 valence electrons. The summed E-state index contributed by atoms with van der Waals surface area (Å²) in [5, 5.41) is 0. The molecule has 0 saturated carbocycles. The van der Waals surface area contributed by atoms with Gasteiger partial charge in [-0.15, -0.1) is 0 Å². The molecule has 0 heteroatoms. The highest BCUT2D eigenvalue weighted by Crippen LogP contribution is 2.60. The molecule has 0 amide bonds. The lowest BCUT2D eigenvalue weighted by molar-refractivity contribution is 0.720. The van der Waals surface area contributed by atoms with E-state index in [1.807, 2.05) is 0 Å². The van der Waals surface area contributed by atoms with Gasteiger partial charge in [0, 0.05) is 0 Å². The van der Waals surface area contributed by atoms with Crippen molar-refractivity contribution in [1.82, 2.24) is 0 Å². The smallest absolute Gasteiger partial charge is 0.0724 e. The quantitative estimate of drug-likeness (QED) is 0.293. The van der Waals surface area contributed by atoms with Crippen molar-refractivity contribution in [2.24, 2.45) is 0 Å². The molecule has 0 saturated heterocycles. The van der Waals surface area contributed by atoms with Crippen molar-refractivity contribution in [2.75, 3.05) is 0 Å². The molecule has 0 atom stereocenters. The Morgan fingerprint density at radius 2 is 1.21 bits per heavy atom. The lowest BCUT2D eigenvalue weighted by Gasteiger charge is -2.41. The van der Waals surface area contributed by atoms with Crippen LogP contribution >= 0.6 is 0 Å². The monoisotopic (exact) mass is 370 g/mol. The molecule has 0 nitrogen and oxygen atoms in total. The van der Waals surface area contributed by atoms with E-state index in [1.165, 1.54) is 50.1 Å². The summed E-state index contributed by atoms with van der Waals surface area (Å²) >= 11 is 0. The number of benzene rings is 4. The van der Waals surface area contributed by atoms with Crippen LogP contribution in [0.5, 0.6) is 0 Å². The van der Waals surface area contributed by atoms with E-state index < -0.39 is 0 Å². The molecule has 0 N–H and O–H groups in total. The molecule has 0 unspecified atom stereocenters. The lowest BCUT2D eigenvalue weighted by atomic mass is 9.60. The van der Waals surface area contributed by atoms with Gasteiger partial charge in [-0.2, -0.15) is 0 Å². The van der Waals surface area contributed by atoms with Crippen molar-refractivity contribution in [3.63, 3.8) is 0 Å². The summed E-state index contributed by atoms with van der Waals surface area (Å²) < 4.78 is 0. The molecule has 6 rings (SSSR count). The molecular formula is C29H22. The first-order valence-electron chi connectivity index (χ1n) is 10.3. The van der Waals surface area contributed by atoms with Crippen molar-refractivity contribution in [1.29, 1.82) is 0 Å². The molecule has 2 aliphatic carbocycles. The number of fused-ring (bicyclic) bond motifs is 9. The van der Waals surface area contributed by atoms with E-state index in [4.69, 9.17) is 0 Å². The molecule has 2 aliphatic rings. The van der Waals surface area contributed by atoms with E-state index in [0.29, 0.717) is 0 Å². The highest BCUT2D eigenvalue weighted by molar-refractivity contribution is 5.91. The first kappa shape index (κ1) is 16.6. The van der Waals surface area contributed by atoms with Gasteiger partial charge < -0.3 is 0 Å². The van der Waals surface area contributed by atoms with Gasteiger partial charge >= 0.3 is 0 Å². The topological polar surface area (TPSA) is 0 Å². The van der Waals surface area contributed by atoms with Crippen molar-refractivity contribution >= 4 is 5.57 Å². The fourth-order valence-electron chi connectivity index (χ4n) is 5.71. The van der Waals surface area contributed by atoms with E-state index in [-0.39, 0.29) is 5.41 Å². The van der Waals surface area contributed by atoms with Gasteiger partial charge in [-0.05, 0) is 63.4 Å². The zero-order valence-corrected chi connectivity index (χ0v) is 16.6. The van der Waals surface area contributed by atoms with Gasteiger partial charge in [-0.3, -0.25) is 0 Å². The Morgan fingerprint density at radius 3 is 1.86 bits per heavy atom. The first-order chi connectivity index (χ1) is 14.2. The van der Waals surface area contributed by atoms with Gasteiger partial charge in [0.05, 0.1) is 5.41 Å². The van der Waals surface area contributed by atoms with Crippen molar-refractivity contribution in [2.45, 2.75) is 18.8 Å². The highest BCUT2D eigenvalue weighted by Gasteiger charge is 2.50. The molecule has 0 aliphatic heterocycles. The summed E-state index contributed by atoms with van der Waals surface area (Å²) in [5.74, 6) is 0. The van der Waals surface area contributed by atoms with E-state index in [2.05, 4.69) is 104 Å². The predicted molar refractivity (Wildman–Crippen MR) is 121 cm³/mol. The normalized spacial score (nSPS) is 14.7. The molecule has 0 bridgehead atoms. The van der Waals surface area contributed by atoms with Crippen LogP contribution in [0.3, 0.4) is 0 Å². The van der Waals surface area contributed by atoms with E-state index in [0.717, 1.165) is 12.0 Å². The molecule has 0 aromatic heterocycles. The Hall–Kier alpha value is -3.38. The largest absolute Gasteiger partial charge is 0.0955 e. The third-order valence-corrected chi connectivity index (χ3v) is 6.74. The Morgan fingerprint density at radius 1 is 0.655 bits per heavy atom. The van der Waals surface area contributed by atoms with E-state index in [9.17, 15) is 0 Å². The van der Waals surface area contributed by atoms with Gasteiger partial charge in [-0.25, -0.2) is 0 Å². The van der Waals surface area contributed by atoms with Crippen LogP contribution in [0, 0.1) is 0 Å². The highest BCUT2D eigenvalue weighted by atomic mass is 14.5. The van der Waals surface area contributed by atoms with Gasteiger partial charge in [-0.1, -0.05) is 103 Å². The molecule has 0 heterocycles.